The van der Waals surface area contributed by atoms with E-state index >= 15 is 0 Å². The van der Waals surface area contributed by atoms with Gasteiger partial charge in [0.05, 0.1) is 5.56 Å². The summed E-state index contributed by atoms with van der Waals surface area (Å²) < 4.78 is 1.83. The Bertz CT molecular complexity index is 981. The quantitative estimate of drug-likeness (QED) is 0.853. The number of carboxylic acids is 1. The van der Waals surface area contributed by atoms with Crippen molar-refractivity contribution in [3.63, 3.8) is 0 Å². The van der Waals surface area contributed by atoms with Crippen molar-refractivity contribution >= 4 is 17.7 Å². The van der Waals surface area contributed by atoms with E-state index < -0.39 is 5.97 Å². The molecule has 7 nitrogen and oxygen atoms in total. The first-order chi connectivity index (χ1) is 12.9. The number of hydrogen-bond acceptors (Lipinski definition) is 3. The molecule has 140 valence electrons. The number of likely N-dealkylation sites (tertiary alicyclic amines) is 1. The molecule has 2 aliphatic heterocycles. The molecule has 0 radical (unpaired) electrons. The van der Waals surface area contributed by atoms with Crippen LogP contribution in [0.25, 0.3) is 0 Å². The molecule has 7 heteroatoms. The molecule has 0 aliphatic carbocycles. The number of amides is 2. The number of carboxylic acid groups (broad SMARTS) is 1. The van der Waals surface area contributed by atoms with Gasteiger partial charge >= 0.3 is 12.0 Å². The van der Waals surface area contributed by atoms with E-state index in [1.165, 1.54) is 6.07 Å². The first kappa shape index (κ1) is 17.3. The third-order valence-corrected chi connectivity index (χ3v) is 5.49. The van der Waals surface area contributed by atoms with Gasteiger partial charge in [0.2, 0.25) is 0 Å². The number of anilines is 1. The second-order valence-corrected chi connectivity index (χ2v) is 7.37. The fourth-order valence-electron chi connectivity index (χ4n) is 4.20. The van der Waals surface area contributed by atoms with E-state index in [1.54, 1.807) is 36.1 Å². The Morgan fingerprint density at radius 2 is 1.96 bits per heavy atom. The van der Waals surface area contributed by atoms with Gasteiger partial charge in [-0.1, -0.05) is 12.1 Å². The molecule has 0 unspecified atom stereocenters. The lowest BCUT2D eigenvalue weighted by Gasteiger charge is -2.42. The van der Waals surface area contributed by atoms with Crippen molar-refractivity contribution in [1.29, 1.82) is 0 Å². The molecule has 4 rings (SSSR count). The largest absolute Gasteiger partial charge is 0.478 e. The molecule has 2 aromatic rings. The van der Waals surface area contributed by atoms with E-state index in [0.717, 1.165) is 12.1 Å². The Morgan fingerprint density at radius 1 is 1.15 bits per heavy atom. The summed E-state index contributed by atoms with van der Waals surface area (Å²) in [4.78, 5) is 37.9. The highest BCUT2D eigenvalue weighted by molar-refractivity contribution is 5.94. The maximum Gasteiger partial charge on any atom is 0.336 e. The zero-order valence-corrected chi connectivity index (χ0v) is 15.0. The second kappa shape index (κ2) is 6.57. The average Bonchev–Trinajstić information content (AvgIpc) is 2.64. The predicted octanol–water partition coefficient (Wildman–Crippen LogP) is 2.51. The number of hydrogen-bond donors (Lipinski definition) is 2. The highest BCUT2D eigenvalue weighted by atomic mass is 16.4. The summed E-state index contributed by atoms with van der Waals surface area (Å²) in [5.41, 5.74) is 2.29. The molecule has 0 spiro atoms. The third-order valence-electron chi connectivity index (χ3n) is 5.49. The van der Waals surface area contributed by atoms with Crippen LogP contribution in [0, 0.1) is 12.8 Å². The Balaban J connectivity index is 1.52. The van der Waals surface area contributed by atoms with Crippen molar-refractivity contribution in [1.82, 2.24) is 9.47 Å². The Hall–Kier alpha value is -3.09. The molecule has 2 atom stereocenters. The van der Waals surface area contributed by atoms with Crippen molar-refractivity contribution in [2.75, 3.05) is 18.4 Å². The minimum Gasteiger partial charge on any atom is -0.478 e. The Labute approximate surface area is 156 Å². The van der Waals surface area contributed by atoms with E-state index in [4.69, 9.17) is 0 Å². The monoisotopic (exact) mass is 367 g/mol. The standard InChI is InChI=1S/C20H21N3O4/c1-12-5-6-15(8-16(12)19(25)26)21-20(27)22-9-13-7-14(11-22)17-3-2-4-18(24)23(17)10-13/h2-6,8,13-14H,7,9-11H2,1H3,(H,21,27)(H,25,26)/t13-,14-/m1/s1. The van der Waals surface area contributed by atoms with Gasteiger partial charge in [-0.05, 0) is 43.0 Å². The molecule has 3 heterocycles. The molecule has 2 N–H and O–H groups in total. The zero-order chi connectivity index (χ0) is 19.1. The number of carbonyl (C=O) groups excluding carboxylic acids is 1. The molecule has 2 bridgehead atoms. The molecule has 2 aliphatic rings. The number of rotatable bonds is 2. The van der Waals surface area contributed by atoms with Crippen molar-refractivity contribution in [2.45, 2.75) is 25.8 Å². The summed E-state index contributed by atoms with van der Waals surface area (Å²) in [5.74, 6) is -0.627. The van der Waals surface area contributed by atoms with E-state index in [1.807, 2.05) is 10.6 Å². The van der Waals surface area contributed by atoms with Crippen molar-refractivity contribution in [2.24, 2.45) is 5.92 Å². The summed E-state index contributed by atoms with van der Waals surface area (Å²) in [7, 11) is 0. The van der Waals surface area contributed by atoms with Gasteiger partial charge in [-0.25, -0.2) is 9.59 Å². The van der Waals surface area contributed by atoms with Crippen LogP contribution in [0.5, 0.6) is 0 Å². The number of urea groups is 1. The normalized spacial score (nSPS) is 20.7. The van der Waals surface area contributed by atoms with Crippen molar-refractivity contribution < 1.29 is 14.7 Å². The molecule has 2 amide bonds. The van der Waals surface area contributed by atoms with Crippen LogP contribution in [0.2, 0.25) is 0 Å². The van der Waals surface area contributed by atoms with Crippen LogP contribution in [-0.4, -0.2) is 39.7 Å². The van der Waals surface area contributed by atoms with Gasteiger partial charge in [-0.3, -0.25) is 4.79 Å². The number of benzene rings is 1. The molecular weight excluding hydrogens is 346 g/mol. The van der Waals surface area contributed by atoms with Crippen LogP contribution in [0.3, 0.4) is 0 Å². The van der Waals surface area contributed by atoms with Gasteiger partial charge in [0.15, 0.2) is 0 Å². The smallest absolute Gasteiger partial charge is 0.336 e. The van der Waals surface area contributed by atoms with Crippen LogP contribution in [0.1, 0.15) is 34.0 Å². The minimum atomic E-state index is -1.02. The number of pyridine rings is 1. The lowest BCUT2D eigenvalue weighted by Crippen LogP contribution is -2.50. The number of fused-ring (bicyclic) bond motifs is 4. The number of aromatic carboxylic acids is 1. The van der Waals surface area contributed by atoms with Gasteiger partial charge in [-0.2, -0.15) is 0 Å². The second-order valence-electron chi connectivity index (χ2n) is 7.37. The van der Waals surface area contributed by atoms with E-state index in [0.29, 0.717) is 30.9 Å². The van der Waals surface area contributed by atoms with Crippen LogP contribution in [-0.2, 0) is 6.54 Å². The number of aryl methyl sites for hydroxylation is 1. The number of nitrogens with zero attached hydrogens (tertiary/aromatic N) is 2. The van der Waals surface area contributed by atoms with Gasteiger partial charge in [0.25, 0.3) is 5.56 Å². The van der Waals surface area contributed by atoms with Crippen molar-refractivity contribution in [3.8, 4) is 0 Å². The first-order valence-corrected chi connectivity index (χ1v) is 9.02. The molecular formula is C20H21N3O4. The molecule has 1 aromatic heterocycles. The number of nitrogens with one attached hydrogen (secondary N) is 1. The third kappa shape index (κ3) is 3.20. The van der Waals surface area contributed by atoms with Gasteiger partial charge < -0.3 is 19.9 Å². The Morgan fingerprint density at radius 3 is 2.74 bits per heavy atom. The highest BCUT2D eigenvalue weighted by Crippen LogP contribution is 2.35. The topological polar surface area (TPSA) is 91.6 Å². The maximum atomic E-state index is 12.7. The highest BCUT2D eigenvalue weighted by Gasteiger charge is 2.36. The van der Waals surface area contributed by atoms with Crippen LogP contribution in [0.4, 0.5) is 10.5 Å². The lowest BCUT2D eigenvalue weighted by molar-refractivity contribution is 0.0696. The summed E-state index contributed by atoms with van der Waals surface area (Å²) in [6, 6.07) is 9.94. The fourth-order valence-corrected chi connectivity index (χ4v) is 4.20. The van der Waals surface area contributed by atoms with Crippen molar-refractivity contribution in [3.05, 3.63) is 63.6 Å². The summed E-state index contributed by atoms with van der Waals surface area (Å²) in [6.07, 6.45) is 0.973. The fraction of sp³-hybridized carbons (Fsp3) is 0.350. The summed E-state index contributed by atoms with van der Waals surface area (Å²) in [5, 5.41) is 12.1. The first-order valence-electron chi connectivity index (χ1n) is 9.02. The molecule has 1 aromatic carbocycles. The lowest BCUT2D eigenvalue weighted by atomic mass is 9.83. The van der Waals surface area contributed by atoms with Crippen LogP contribution < -0.4 is 10.9 Å². The van der Waals surface area contributed by atoms with Gasteiger partial charge in [0.1, 0.15) is 0 Å². The van der Waals surface area contributed by atoms with Gasteiger partial charge in [0, 0.05) is 43.0 Å². The summed E-state index contributed by atoms with van der Waals surface area (Å²) in [6.45, 7) is 3.48. The summed E-state index contributed by atoms with van der Waals surface area (Å²) >= 11 is 0. The SMILES string of the molecule is Cc1ccc(NC(=O)N2C[C@H]3C[C@H](C2)c2cccc(=O)n2C3)cc1C(=O)O. The van der Waals surface area contributed by atoms with Crippen LogP contribution in [0.15, 0.2) is 41.2 Å². The Kier molecular flexibility index (Phi) is 4.22. The van der Waals surface area contributed by atoms with E-state index in [9.17, 15) is 19.5 Å². The predicted molar refractivity (Wildman–Crippen MR) is 100 cm³/mol. The minimum absolute atomic E-state index is 0.0148. The van der Waals surface area contributed by atoms with E-state index in [2.05, 4.69) is 5.32 Å². The molecule has 1 fully saturated rings. The van der Waals surface area contributed by atoms with E-state index in [-0.39, 0.29) is 29.0 Å². The molecule has 0 saturated carbocycles. The number of piperidine rings is 1. The average molecular weight is 367 g/mol. The maximum absolute atomic E-state index is 12.7. The van der Waals surface area contributed by atoms with Crippen LogP contribution >= 0.6 is 0 Å². The number of aromatic nitrogens is 1. The molecule has 27 heavy (non-hydrogen) atoms. The zero-order valence-electron chi connectivity index (χ0n) is 15.0. The molecule has 1 saturated heterocycles. The van der Waals surface area contributed by atoms with Gasteiger partial charge in [-0.15, -0.1) is 0 Å². The number of carbonyl (C=O) groups is 2.